The molecule has 198 valence electrons. The minimum atomic E-state index is 0.632. The van der Waals surface area contributed by atoms with Crippen LogP contribution >= 0.6 is 34.8 Å². The number of rotatable bonds is 9. The molecular weight excluding hydrogens is 545 g/mol. The van der Waals surface area contributed by atoms with Gasteiger partial charge in [0.05, 0.1) is 16.6 Å². The van der Waals surface area contributed by atoms with Crippen LogP contribution < -0.4 is 0 Å². The highest BCUT2D eigenvalue weighted by atomic mass is 35.5. The molecule has 0 saturated heterocycles. The molecule has 7 rings (SSSR count). The first-order valence-electron chi connectivity index (χ1n) is 13.8. The predicted molar refractivity (Wildman–Crippen MR) is 171 cm³/mol. The topological polar surface area (TPSA) is 14.8 Å². The Morgan fingerprint density at radius 3 is 0.974 bits per heavy atom. The van der Waals surface area contributed by atoms with Crippen LogP contribution in [-0.2, 0) is 19.6 Å². The van der Waals surface area contributed by atoms with Gasteiger partial charge in [-0.1, -0.05) is 54.6 Å². The van der Waals surface area contributed by atoms with Gasteiger partial charge in [-0.25, -0.2) is 0 Å². The van der Waals surface area contributed by atoms with Gasteiger partial charge < -0.3 is 13.7 Å². The van der Waals surface area contributed by atoms with Crippen molar-refractivity contribution >= 4 is 100 Å². The second-order valence-corrected chi connectivity index (χ2v) is 11.4. The summed E-state index contributed by atoms with van der Waals surface area (Å²) in [7, 11) is 0. The van der Waals surface area contributed by atoms with E-state index in [-0.39, 0.29) is 0 Å². The normalized spacial score (nSPS) is 12.4. The van der Waals surface area contributed by atoms with Crippen LogP contribution in [0, 0.1) is 0 Å². The highest BCUT2D eigenvalue weighted by Crippen LogP contribution is 2.48. The predicted octanol–water partition coefficient (Wildman–Crippen LogP) is 9.90. The van der Waals surface area contributed by atoms with E-state index >= 15 is 0 Å². The Morgan fingerprint density at radius 2 is 0.692 bits per heavy atom. The van der Waals surface area contributed by atoms with Gasteiger partial charge in [-0.15, -0.1) is 34.8 Å². The average molecular weight is 575 g/mol. The summed E-state index contributed by atoms with van der Waals surface area (Å²) in [5.41, 5.74) is 7.70. The first-order chi connectivity index (χ1) is 19.3. The summed E-state index contributed by atoms with van der Waals surface area (Å²) in [6.07, 6.45) is 2.74. The van der Waals surface area contributed by atoms with E-state index in [1.165, 1.54) is 65.4 Å². The zero-order valence-corrected chi connectivity index (χ0v) is 24.0. The molecule has 0 radical (unpaired) electrons. The van der Waals surface area contributed by atoms with Crippen molar-refractivity contribution in [3.05, 3.63) is 72.8 Å². The van der Waals surface area contributed by atoms with Crippen molar-refractivity contribution in [3.8, 4) is 0 Å². The number of aromatic nitrogens is 3. The van der Waals surface area contributed by atoms with E-state index < -0.39 is 0 Å². The third-order valence-electron chi connectivity index (χ3n) is 8.17. The van der Waals surface area contributed by atoms with Gasteiger partial charge >= 0.3 is 0 Å². The fourth-order valence-electron chi connectivity index (χ4n) is 6.76. The highest BCUT2D eigenvalue weighted by molar-refractivity contribution is 6.39. The summed E-state index contributed by atoms with van der Waals surface area (Å²) in [4.78, 5) is 0. The van der Waals surface area contributed by atoms with Crippen LogP contribution in [-0.4, -0.2) is 31.3 Å². The van der Waals surface area contributed by atoms with Crippen molar-refractivity contribution in [2.75, 3.05) is 17.6 Å². The Balaban J connectivity index is 1.84. The number of fused-ring (bicyclic) bond motifs is 12. The maximum absolute atomic E-state index is 6.28. The Bertz CT molecular complexity index is 1730. The van der Waals surface area contributed by atoms with Crippen LogP contribution in [0.5, 0.6) is 0 Å². The van der Waals surface area contributed by atoms with E-state index in [4.69, 9.17) is 34.8 Å². The van der Waals surface area contributed by atoms with Crippen molar-refractivity contribution < 1.29 is 0 Å². The molecule has 0 N–H and O–H groups in total. The molecule has 0 unspecified atom stereocenters. The standard InChI is InChI=1S/C33H30Cl3N3/c34-16-7-19-37-25-13-4-1-10-22(25)28-31(37)29-24-12-3-6-15-27(24)39(21-9-18-36)33(29)30-23-11-2-5-14-26(23)38(32(28)30)20-8-17-35/h1-6,10-15H,7-9,16-21H2. The molecule has 3 nitrogen and oxygen atoms in total. The molecule has 3 aromatic heterocycles. The minimum Gasteiger partial charge on any atom is -0.340 e. The van der Waals surface area contributed by atoms with Crippen LogP contribution in [0.25, 0.3) is 65.4 Å². The van der Waals surface area contributed by atoms with Gasteiger partial charge in [0.2, 0.25) is 0 Å². The Hall–Kier alpha value is -2.85. The summed E-state index contributed by atoms with van der Waals surface area (Å²) < 4.78 is 7.57. The number of hydrogen-bond donors (Lipinski definition) is 0. The van der Waals surface area contributed by atoms with Crippen LogP contribution in [0.4, 0.5) is 0 Å². The Labute approximate surface area is 242 Å². The van der Waals surface area contributed by atoms with E-state index in [1.807, 2.05) is 0 Å². The number of para-hydroxylation sites is 3. The van der Waals surface area contributed by atoms with Gasteiger partial charge in [-0.05, 0) is 37.5 Å². The molecule has 0 amide bonds. The van der Waals surface area contributed by atoms with Crippen molar-refractivity contribution in [2.24, 2.45) is 0 Å². The molecule has 0 fully saturated rings. The fraction of sp³-hybridized carbons (Fsp3) is 0.273. The molecule has 4 aromatic carbocycles. The smallest absolute Gasteiger partial charge is 0.0614 e. The van der Waals surface area contributed by atoms with Gasteiger partial charge in [0, 0.05) is 86.1 Å². The summed E-state index contributed by atoms with van der Waals surface area (Å²) >= 11 is 18.8. The fourth-order valence-corrected chi connectivity index (χ4v) is 7.12. The third kappa shape index (κ3) is 3.70. The van der Waals surface area contributed by atoms with Crippen molar-refractivity contribution in [3.63, 3.8) is 0 Å². The number of alkyl halides is 3. The lowest BCUT2D eigenvalue weighted by Crippen LogP contribution is -2.02. The molecule has 7 aromatic rings. The maximum Gasteiger partial charge on any atom is 0.0614 e. The molecule has 0 aliphatic rings. The summed E-state index contributed by atoms with van der Waals surface area (Å²) in [5, 5.41) is 7.86. The summed E-state index contributed by atoms with van der Waals surface area (Å²) in [6.45, 7) is 2.62. The number of aryl methyl sites for hydroxylation is 3. The van der Waals surface area contributed by atoms with Crippen LogP contribution in [0.1, 0.15) is 19.3 Å². The zero-order chi connectivity index (χ0) is 26.5. The van der Waals surface area contributed by atoms with Crippen molar-refractivity contribution in [1.82, 2.24) is 13.7 Å². The van der Waals surface area contributed by atoms with Crippen LogP contribution in [0.2, 0.25) is 0 Å². The molecule has 0 aliphatic carbocycles. The molecule has 0 aliphatic heterocycles. The van der Waals surface area contributed by atoms with Crippen molar-refractivity contribution in [2.45, 2.75) is 38.9 Å². The Morgan fingerprint density at radius 1 is 0.410 bits per heavy atom. The molecule has 0 spiro atoms. The SMILES string of the molecule is ClCCCn1c2ccccc2c2c1c1c3ccccc3n(CCCCl)c1c1c3ccccc3n(CCCCl)c21. The van der Waals surface area contributed by atoms with Gasteiger partial charge in [0.1, 0.15) is 0 Å². The average Bonchev–Trinajstić information content (AvgIpc) is 3.59. The van der Waals surface area contributed by atoms with Crippen LogP contribution in [0.15, 0.2) is 72.8 Å². The molecule has 6 heteroatoms. The van der Waals surface area contributed by atoms with E-state index in [1.54, 1.807) is 0 Å². The molecule has 3 heterocycles. The lowest BCUT2D eigenvalue weighted by Gasteiger charge is -2.12. The second kappa shape index (κ2) is 10.3. The van der Waals surface area contributed by atoms with E-state index in [0.29, 0.717) is 17.6 Å². The maximum atomic E-state index is 6.28. The lowest BCUT2D eigenvalue weighted by atomic mass is 10.0. The van der Waals surface area contributed by atoms with Gasteiger partial charge in [0.25, 0.3) is 0 Å². The number of nitrogens with zero attached hydrogens (tertiary/aromatic N) is 3. The Kier molecular flexibility index (Phi) is 6.63. The first-order valence-corrected chi connectivity index (χ1v) is 15.4. The van der Waals surface area contributed by atoms with Crippen molar-refractivity contribution in [1.29, 1.82) is 0 Å². The number of benzene rings is 4. The van der Waals surface area contributed by atoms with E-state index in [9.17, 15) is 0 Å². The number of hydrogen-bond acceptors (Lipinski definition) is 0. The quantitative estimate of drug-likeness (QED) is 0.152. The largest absolute Gasteiger partial charge is 0.340 e. The monoisotopic (exact) mass is 573 g/mol. The van der Waals surface area contributed by atoms with Gasteiger partial charge in [-0.3, -0.25) is 0 Å². The zero-order valence-electron chi connectivity index (χ0n) is 21.8. The van der Waals surface area contributed by atoms with Gasteiger partial charge in [-0.2, -0.15) is 0 Å². The molecule has 0 atom stereocenters. The highest BCUT2D eigenvalue weighted by Gasteiger charge is 2.26. The number of halogens is 3. The van der Waals surface area contributed by atoms with Crippen LogP contribution in [0.3, 0.4) is 0 Å². The molecule has 0 saturated carbocycles. The third-order valence-corrected chi connectivity index (χ3v) is 8.97. The minimum absolute atomic E-state index is 0.632. The molecular formula is C33H30Cl3N3. The molecule has 39 heavy (non-hydrogen) atoms. The molecule has 0 bridgehead atoms. The summed E-state index contributed by atoms with van der Waals surface area (Å²) in [5.74, 6) is 1.90. The van der Waals surface area contributed by atoms with E-state index in [0.717, 1.165) is 38.9 Å². The lowest BCUT2D eigenvalue weighted by molar-refractivity contribution is 0.723. The second-order valence-electron chi connectivity index (χ2n) is 10.3. The first kappa shape index (κ1) is 25.1. The summed E-state index contributed by atoms with van der Waals surface area (Å²) in [6, 6.07) is 26.6. The van der Waals surface area contributed by atoms with E-state index in [2.05, 4.69) is 86.5 Å². The van der Waals surface area contributed by atoms with Gasteiger partial charge in [0.15, 0.2) is 0 Å².